The number of nitrogens with two attached hydrogens (primary N) is 1. The highest BCUT2D eigenvalue weighted by atomic mass is 14.6. The minimum atomic E-state index is 0.691. The first-order valence-corrected chi connectivity index (χ1v) is 4.49. The van der Waals surface area contributed by atoms with Gasteiger partial charge < -0.3 is 5.73 Å². The molecule has 2 rings (SSSR count). The zero-order valence-electron chi connectivity index (χ0n) is 7.77. The Hall–Kier alpha value is -1.83. The number of rotatable bonds is 2. The first-order valence-electron chi connectivity index (χ1n) is 4.49. The third kappa shape index (κ3) is 2.10. The van der Waals surface area contributed by atoms with Crippen LogP contribution in [0.4, 0.5) is 5.69 Å². The van der Waals surface area contributed by atoms with Crippen molar-refractivity contribution in [2.45, 2.75) is 6.42 Å². The van der Waals surface area contributed by atoms with E-state index in [1.165, 1.54) is 11.1 Å². The Morgan fingerprint density at radius 1 is 1.14 bits per heavy atom. The van der Waals surface area contributed by atoms with E-state index in [1.807, 2.05) is 30.3 Å². The summed E-state index contributed by atoms with van der Waals surface area (Å²) in [4.78, 5) is 3.97. The fraction of sp³-hybridized carbons (Fsp3) is 0.0833. The van der Waals surface area contributed by atoms with E-state index in [-0.39, 0.29) is 0 Å². The summed E-state index contributed by atoms with van der Waals surface area (Å²) in [5.41, 5.74) is 8.78. The molecular weight excluding hydrogens is 172 g/mol. The van der Waals surface area contributed by atoms with Crippen LogP contribution in [0.3, 0.4) is 0 Å². The third-order valence-corrected chi connectivity index (χ3v) is 2.05. The molecule has 2 aromatic rings. The second kappa shape index (κ2) is 3.92. The normalized spacial score (nSPS) is 10.0. The summed E-state index contributed by atoms with van der Waals surface area (Å²) < 4.78 is 0. The highest BCUT2D eigenvalue weighted by molar-refractivity contribution is 5.40. The molecule has 2 nitrogen and oxygen atoms in total. The van der Waals surface area contributed by atoms with Crippen molar-refractivity contribution in [1.29, 1.82) is 0 Å². The van der Waals surface area contributed by atoms with Crippen molar-refractivity contribution in [2.24, 2.45) is 0 Å². The molecule has 14 heavy (non-hydrogen) atoms. The first-order chi connectivity index (χ1) is 6.84. The van der Waals surface area contributed by atoms with Crippen molar-refractivity contribution in [1.82, 2.24) is 4.98 Å². The summed E-state index contributed by atoms with van der Waals surface area (Å²) in [7, 11) is 0. The molecule has 0 atom stereocenters. The van der Waals surface area contributed by atoms with Crippen molar-refractivity contribution >= 4 is 5.69 Å². The SMILES string of the molecule is Nc1[c]ccc(Cc2ccncc2)c1. The van der Waals surface area contributed by atoms with Gasteiger partial charge in [-0.05, 0) is 35.7 Å². The zero-order chi connectivity index (χ0) is 9.80. The highest BCUT2D eigenvalue weighted by Crippen LogP contribution is 2.10. The Morgan fingerprint density at radius 2 is 1.93 bits per heavy atom. The van der Waals surface area contributed by atoms with Crippen molar-refractivity contribution < 1.29 is 0 Å². The predicted molar refractivity (Wildman–Crippen MR) is 56.7 cm³/mol. The third-order valence-electron chi connectivity index (χ3n) is 2.05. The second-order valence-electron chi connectivity index (χ2n) is 3.18. The molecule has 1 aromatic heterocycles. The van der Waals surface area contributed by atoms with Crippen LogP contribution in [0.25, 0.3) is 0 Å². The van der Waals surface area contributed by atoms with E-state index in [0.717, 1.165) is 6.42 Å². The van der Waals surface area contributed by atoms with Gasteiger partial charge in [0.25, 0.3) is 0 Å². The Bertz CT molecular complexity index is 410. The molecule has 0 aliphatic heterocycles. The summed E-state index contributed by atoms with van der Waals surface area (Å²) in [5.74, 6) is 0. The highest BCUT2D eigenvalue weighted by Gasteiger charge is 1.95. The van der Waals surface area contributed by atoms with Gasteiger partial charge in [-0.15, -0.1) is 0 Å². The molecule has 0 spiro atoms. The molecule has 2 N–H and O–H groups in total. The van der Waals surface area contributed by atoms with E-state index in [2.05, 4.69) is 11.1 Å². The lowest BCUT2D eigenvalue weighted by atomic mass is 10.1. The van der Waals surface area contributed by atoms with Gasteiger partial charge in [0.2, 0.25) is 0 Å². The minimum Gasteiger partial charge on any atom is -0.398 e. The average molecular weight is 183 g/mol. The van der Waals surface area contributed by atoms with Crippen molar-refractivity contribution in [3.63, 3.8) is 0 Å². The van der Waals surface area contributed by atoms with Crippen molar-refractivity contribution in [3.8, 4) is 0 Å². The van der Waals surface area contributed by atoms with Gasteiger partial charge in [-0.3, -0.25) is 4.98 Å². The number of hydrogen-bond donors (Lipinski definition) is 1. The summed E-state index contributed by atoms with van der Waals surface area (Å²) in [6.45, 7) is 0. The molecule has 0 amide bonds. The molecule has 0 bridgehead atoms. The minimum absolute atomic E-state index is 0.691. The standard InChI is InChI=1S/C12H11N2/c13-12-3-1-2-11(9-12)8-10-4-6-14-7-5-10/h1-2,4-7,9H,8,13H2. The van der Waals surface area contributed by atoms with Gasteiger partial charge in [-0.1, -0.05) is 12.1 Å². The summed E-state index contributed by atoms with van der Waals surface area (Å²) >= 11 is 0. The number of nitrogens with zero attached hydrogens (tertiary/aromatic N) is 1. The van der Waals surface area contributed by atoms with E-state index in [9.17, 15) is 0 Å². The Morgan fingerprint density at radius 3 is 2.64 bits per heavy atom. The van der Waals surface area contributed by atoms with E-state index in [4.69, 9.17) is 5.73 Å². The molecule has 0 fully saturated rings. The van der Waals surface area contributed by atoms with E-state index in [1.54, 1.807) is 12.4 Å². The van der Waals surface area contributed by atoms with Crippen LogP contribution in [-0.2, 0) is 6.42 Å². The van der Waals surface area contributed by atoms with Gasteiger partial charge in [0.1, 0.15) is 0 Å². The Labute approximate surface area is 83.4 Å². The maximum Gasteiger partial charge on any atom is 0.0397 e. The number of aromatic nitrogens is 1. The topological polar surface area (TPSA) is 38.9 Å². The van der Waals surface area contributed by atoms with Gasteiger partial charge in [-0.25, -0.2) is 0 Å². The fourth-order valence-electron chi connectivity index (χ4n) is 1.38. The Balaban J connectivity index is 2.19. The second-order valence-corrected chi connectivity index (χ2v) is 3.18. The first kappa shape index (κ1) is 8.75. The molecule has 0 aliphatic carbocycles. The predicted octanol–water partition coefficient (Wildman–Crippen LogP) is 2.05. The summed E-state index contributed by atoms with van der Waals surface area (Å²) in [6.07, 6.45) is 4.49. The van der Waals surface area contributed by atoms with Crippen LogP contribution in [0.5, 0.6) is 0 Å². The van der Waals surface area contributed by atoms with Crippen LogP contribution < -0.4 is 5.73 Å². The summed E-state index contributed by atoms with van der Waals surface area (Å²) in [6, 6.07) is 12.8. The molecule has 0 aliphatic rings. The number of benzene rings is 1. The van der Waals surface area contributed by atoms with Gasteiger partial charge in [-0.2, -0.15) is 0 Å². The number of anilines is 1. The number of hydrogen-bond acceptors (Lipinski definition) is 2. The fourth-order valence-corrected chi connectivity index (χ4v) is 1.38. The molecular formula is C12H11N2. The van der Waals surface area contributed by atoms with Gasteiger partial charge in [0, 0.05) is 24.1 Å². The maximum atomic E-state index is 5.64. The Kier molecular flexibility index (Phi) is 2.45. The van der Waals surface area contributed by atoms with Crippen LogP contribution in [0.2, 0.25) is 0 Å². The van der Waals surface area contributed by atoms with Crippen LogP contribution in [-0.4, -0.2) is 4.98 Å². The lowest BCUT2D eigenvalue weighted by Gasteiger charge is -2.01. The molecule has 0 unspecified atom stereocenters. The maximum absolute atomic E-state index is 5.64. The molecule has 1 heterocycles. The molecule has 69 valence electrons. The quantitative estimate of drug-likeness (QED) is 0.724. The molecule has 0 saturated carbocycles. The van der Waals surface area contributed by atoms with Crippen LogP contribution in [0, 0.1) is 6.07 Å². The lowest BCUT2D eigenvalue weighted by Crippen LogP contribution is -1.91. The van der Waals surface area contributed by atoms with Crippen molar-refractivity contribution in [2.75, 3.05) is 5.73 Å². The molecule has 2 heteroatoms. The monoisotopic (exact) mass is 183 g/mol. The summed E-state index contributed by atoms with van der Waals surface area (Å²) in [5, 5.41) is 0. The van der Waals surface area contributed by atoms with E-state index < -0.39 is 0 Å². The number of nitrogen functional groups attached to an aromatic ring is 1. The number of pyridine rings is 1. The van der Waals surface area contributed by atoms with Crippen molar-refractivity contribution in [3.05, 3.63) is 59.9 Å². The molecule has 0 saturated heterocycles. The molecule has 1 aromatic carbocycles. The van der Waals surface area contributed by atoms with Gasteiger partial charge >= 0.3 is 0 Å². The van der Waals surface area contributed by atoms with Crippen LogP contribution in [0.1, 0.15) is 11.1 Å². The smallest absolute Gasteiger partial charge is 0.0397 e. The van der Waals surface area contributed by atoms with Crippen LogP contribution >= 0.6 is 0 Å². The largest absolute Gasteiger partial charge is 0.398 e. The van der Waals surface area contributed by atoms with E-state index in [0.29, 0.717) is 5.69 Å². The van der Waals surface area contributed by atoms with Gasteiger partial charge in [0.05, 0.1) is 0 Å². The average Bonchev–Trinajstić information content (AvgIpc) is 2.19. The van der Waals surface area contributed by atoms with Gasteiger partial charge in [0.15, 0.2) is 0 Å². The zero-order valence-corrected chi connectivity index (χ0v) is 7.77. The molecule has 1 radical (unpaired) electrons. The lowest BCUT2D eigenvalue weighted by molar-refractivity contribution is 1.16. The van der Waals surface area contributed by atoms with E-state index >= 15 is 0 Å². The van der Waals surface area contributed by atoms with Crippen LogP contribution in [0.15, 0.2) is 42.7 Å².